The highest BCUT2D eigenvalue weighted by Crippen LogP contribution is 2.25. The molecule has 6 heteroatoms. The van der Waals surface area contributed by atoms with Gasteiger partial charge in [0.05, 0.1) is 0 Å². The number of nitrogens with zero attached hydrogens (tertiary/aromatic N) is 1. The number of nitrogens with two attached hydrogens (primary N) is 2. The quantitative estimate of drug-likeness (QED) is 0.659. The first kappa shape index (κ1) is 12.3. The predicted molar refractivity (Wildman–Crippen MR) is 76.3 cm³/mol. The average Bonchev–Trinajstić information content (AvgIpc) is 2.93. The molecule has 0 unspecified atom stereocenters. The molecule has 0 spiro atoms. The van der Waals surface area contributed by atoms with Gasteiger partial charge in [-0.25, -0.2) is 0 Å². The summed E-state index contributed by atoms with van der Waals surface area (Å²) >= 11 is 0. The van der Waals surface area contributed by atoms with E-state index in [4.69, 9.17) is 11.5 Å². The normalized spacial score (nSPS) is 18.6. The number of rotatable bonds is 3. The van der Waals surface area contributed by atoms with E-state index in [9.17, 15) is 9.90 Å². The third-order valence-electron chi connectivity index (χ3n) is 3.46. The number of fused-ring (bicyclic) bond motifs is 1. The number of H-pyrrole nitrogens is 1. The molecule has 3 rings (SSSR count). The SMILES string of the molecule is NC(=O)C1=C(O)[C@H](Cc2c[nH]c3ccccc23)N=C1N. The van der Waals surface area contributed by atoms with E-state index < -0.39 is 11.9 Å². The Kier molecular flexibility index (Phi) is 2.71. The molecule has 2 heterocycles. The number of primary amides is 1. The van der Waals surface area contributed by atoms with Gasteiger partial charge in [-0.2, -0.15) is 0 Å². The number of aromatic nitrogens is 1. The molecule has 6 N–H and O–H groups in total. The van der Waals surface area contributed by atoms with Crippen LogP contribution in [0.15, 0.2) is 46.8 Å². The van der Waals surface area contributed by atoms with Gasteiger partial charge in [-0.3, -0.25) is 9.79 Å². The Morgan fingerprint density at radius 3 is 2.85 bits per heavy atom. The number of amidine groups is 1. The number of aromatic amines is 1. The standard InChI is InChI=1S/C14H14N4O2/c15-13-11(14(16)20)12(19)10(18-13)5-7-6-17-9-4-2-1-3-8(7)9/h1-4,6,10,17,19H,5H2,(H2,15,18)(H2,16,20)/t10-/m0/s1. The molecule has 102 valence electrons. The molecule has 1 atom stereocenters. The Morgan fingerprint density at radius 2 is 2.15 bits per heavy atom. The van der Waals surface area contributed by atoms with E-state index in [-0.39, 0.29) is 17.2 Å². The van der Waals surface area contributed by atoms with Crippen LogP contribution in [0.2, 0.25) is 0 Å². The van der Waals surface area contributed by atoms with Crippen molar-refractivity contribution in [3.63, 3.8) is 0 Å². The van der Waals surface area contributed by atoms with Gasteiger partial charge in [-0.15, -0.1) is 0 Å². The van der Waals surface area contributed by atoms with Crippen molar-refractivity contribution in [1.29, 1.82) is 0 Å². The van der Waals surface area contributed by atoms with Crippen LogP contribution in [0, 0.1) is 0 Å². The van der Waals surface area contributed by atoms with Crippen molar-refractivity contribution in [2.75, 3.05) is 0 Å². The number of carbonyl (C=O) groups is 1. The van der Waals surface area contributed by atoms with E-state index in [0.717, 1.165) is 16.5 Å². The molecule has 0 radical (unpaired) electrons. The number of hydrogen-bond acceptors (Lipinski definition) is 4. The van der Waals surface area contributed by atoms with Crippen LogP contribution in [-0.4, -0.2) is 27.9 Å². The molecule has 0 aliphatic carbocycles. The maximum atomic E-state index is 11.2. The number of aliphatic imine (C=N–C) groups is 1. The summed E-state index contributed by atoms with van der Waals surface area (Å²) in [6.07, 6.45) is 2.32. The molecule has 1 aromatic carbocycles. The summed E-state index contributed by atoms with van der Waals surface area (Å²) in [5.74, 6) is -0.912. The lowest BCUT2D eigenvalue weighted by atomic mass is 10.0. The van der Waals surface area contributed by atoms with Crippen molar-refractivity contribution in [1.82, 2.24) is 4.98 Å². The summed E-state index contributed by atoms with van der Waals surface area (Å²) in [7, 11) is 0. The third-order valence-corrected chi connectivity index (χ3v) is 3.46. The Balaban J connectivity index is 1.95. The summed E-state index contributed by atoms with van der Waals surface area (Å²) < 4.78 is 0. The van der Waals surface area contributed by atoms with Gasteiger partial charge in [0.2, 0.25) is 0 Å². The Hall–Kier alpha value is -2.76. The number of para-hydroxylation sites is 1. The van der Waals surface area contributed by atoms with Gasteiger partial charge < -0.3 is 21.6 Å². The van der Waals surface area contributed by atoms with Crippen LogP contribution >= 0.6 is 0 Å². The number of amides is 1. The second-order valence-corrected chi connectivity index (χ2v) is 4.72. The van der Waals surface area contributed by atoms with Crippen molar-refractivity contribution < 1.29 is 9.90 Å². The van der Waals surface area contributed by atoms with Gasteiger partial charge in [0.1, 0.15) is 23.2 Å². The van der Waals surface area contributed by atoms with Crippen LogP contribution in [-0.2, 0) is 11.2 Å². The van der Waals surface area contributed by atoms with Gasteiger partial charge in [0.25, 0.3) is 5.91 Å². The largest absolute Gasteiger partial charge is 0.509 e. The van der Waals surface area contributed by atoms with Crippen molar-refractivity contribution in [2.45, 2.75) is 12.5 Å². The molecule has 0 fully saturated rings. The van der Waals surface area contributed by atoms with Crippen molar-refractivity contribution in [3.05, 3.63) is 47.4 Å². The number of aliphatic hydroxyl groups excluding tert-OH is 1. The molecule has 0 saturated heterocycles. The first-order chi connectivity index (χ1) is 9.58. The Morgan fingerprint density at radius 1 is 1.40 bits per heavy atom. The summed E-state index contributed by atoms with van der Waals surface area (Å²) in [4.78, 5) is 18.5. The van der Waals surface area contributed by atoms with E-state index in [1.165, 1.54) is 0 Å². The van der Waals surface area contributed by atoms with Crippen molar-refractivity contribution in [2.24, 2.45) is 16.5 Å². The zero-order chi connectivity index (χ0) is 14.3. The van der Waals surface area contributed by atoms with Gasteiger partial charge in [-0.1, -0.05) is 18.2 Å². The lowest BCUT2D eigenvalue weighted by Crippen LogP contribution is -2.25. The second-order valence-electron chi connectivity index (χ2n) is 4.72. The molecule has 6 nitrogen and oxygen atoms in total. The van der Waals surface area contributed by atoms with Crippen molar-refractivity contribution >= 4 is 22.6 Å². The van der Waals surface area contributed by atoms with E-state index in [1.807, 2.05) is 30.5 Å². The van der Waals surface area contributed by atoms with Crippen molar-refractivity contribution in [3.8, 4) is 0 Å². The number of nitrogens with one attached hydrogen (secondary N) is 1. The van der Waals surface area contributed by atoms with Crippen LogP contribution in [0.4, 0.5) is 0 Å². The minimum atomic E-state index is -0.759. The molecule has 0 bridgehead atoms. The average molecular weight is 270 g/mol. The highest BCUT2D eigenvalue weighted by Gasteiger charge is 2.30. The number of benzene rings is 1. The molecule has 1 aliphatic rings. The second kappa shape index (κ2) is 4.41. The molecular formula is C14H14N4O2. The highest BCUT2D eigenvalue weighted by atomic mass is 16.3. The summed E-state index contributed by atoms with van der Waals surface area (Å²) in [6, 6.07) is 7.28. The minimum absolute atomic E-state index is 0.000147. The number of hydrogen-bond donors (Lipinski definition) is 4. The van der Waals surface area contributed by atoms with E-state index in [2.05, 4.69) is 9.98 Å². The fraction of sp³-hybridized carbons (Fsp3) is 0.143. The molecular weight excluding hydrogens is 256 g/mol. The minimum Gasteiger partial charge on any atom is -0.509 e. The number of carbonyl (C=O) groups excluding carboxylic acids is 1. The van der Waals surface area contributed by atoms with Crippen LogP contribution < -0.4 is 11.5 Å². The van der Waals surface area contributed by atoms with E-state index in [0.29, 0.717) is 6.42 Å². The van der Waals surface area contributed by atoms with E-state index in [1.54, 1.807) is 0 Å². The van der Waals surface area contributed by atoms with Gasteiger partial charge in [0, 0.05) is 23.5 Å². The van der Waals surface area contributed by atoms with Crippen LogP contribution in [0.25, 0.3) is 10.9 Å². The predicted octanol–water partition coefficient (Wildman–Crippen LogP) is 0.747. The third kappa shape index (κ3) is 1.82. The molecule has 1 aromatic heterocycles. The molecule has 1 amide bonds. The van der Waals surface area contributed by atoms with E-state index >= 15 is 0 Å². The van der Waals surface area contributed by atoms with Crippen LogP contribution in [0.5, 0.6) is 0 Å². The van der Waals surface area contributed by atoms with Gasteiger partial charge >= 0.3 is 0 Å². The smallest absolute Gasteiger partial charge is 0.255 e. The summed E-state index contributed by atoms with van der Waals surface area (Å²) in [5, 5.41) is 11.1. The summed E-state index contributed by atoms with van der Waals surface area (Å²) in [5.41, 5.74) is 12.7. The lowest BCUT2D eigenvalue weighted by Gasteiger charge is -2.07. The molecule has 1 aliphatic heterocycles. The number of aliphatic hydroxyl groups is 1. The topological polar surface area (TPSA) is 117 Å². The first-order valence-corrected chi connectivity index (χ1v) is 6.19. The summed E-state index contributed by atoms with van der Waals surface area (Å²) in [6.45, 7) is 0. The fourth-order valence-electron chi connectivity index (χ4n) is 2.49. The lowest BCUT2D eigenvalue weighted by molar-refractivity contribution is -0.114. The monoisotopic (exact) mass is 270 g/mol. The zero-order valence-electron chi connectivity index (χ0n) is 10.6. The zero-order valence-corrected chi connectivity index (χ0v) is 10.6. The van der Waals surface area contributed by atoms with Gasteiger partial charge in [0.15, 0.2) is 0 Å². The fourth-order valence-corrected chi connectivity index (χ4v) is 2.49. The molecule has 20 heavy (non-hydrogen) atoms. The highest BCUT2D eigenvalue weighted by molar-refractivity contribution is 6.21. The van der Waals surface area contributed by atoms with Gasteiger partial charge in [-0.05, 0) is 11.6 Å². The Bertz CT molecular complexity index is 757. The molecule has 0 saturated carbocycles. The first-order valence-electron chi connectivity index (χ1n) is 6.19. The Labute approximate surface area is 114 Å². The van der Waals surface area contributed by atoms with Crippen LogP contribution in [0.3, 0.4) is 0 Å². The van der Waals surface area contributed by atoms with Crippen LogP contribution in [0.1, 0.15) is 5.56 Å². The maximum absolute atomic E-state index is 11.2. The maximum Gasteiger partial charge on any atom is 0.255 e. The molecule has 2 aromatic rings.